The van der Waals surface area contributed by atoms with Gasteiger partial charge in [0.25, 0.3) is 15.9 Å². The standard InChI is InChI=1S/C24H27ClN2O5S2/c1-4-6-7-14-32-20-13-8-17(15-21(20)31-3)16-22-23(28)27(5-2)24(33-22)26-34(29,30)19-11-9-18(25)10-12-19/h8-13,15-16H,4-7,14H2,1-3H3/b22-16-,26-24+. The maximum atomic E-state index is 12.9. The summed E-state index contributed by atoms with van der Waals surface area (Å²) in [6.07, 6.45) is 4.86. The van der Waals surface area contributed by atoms with Crippen LogP contribution in [0.4, 0.5) is 0 Å². The van der Waals surface area contributed by atoms with Crippen LogP contribution < -0.4 is 9.47 Å². The fourth-order valence-electron chi connectivity index (χ4n) is 3.20. The Kier molecular flexibility index (Phi) is 9.04. The SMILES string of the molecule is CCCCCOc1ccc(/C=C2\S/C(=N/S(=O)(=O)c3ccc(Cl)cc3)N(CC)C2=O)cc1OC. The Hall–Kier alpha value is -2.49. The lowest BCUT2D eigenvalue weighted by molar-refractivity contribution is -0.122. The van der Waals surface area contributed by atoms with E-state index in [2.05, 4.69) is 11.3 Å². The number of benzene rings is 2. The highest BCUT2D eigenvalue weighted by Gasteiger charge is 2.34. The van der Waals surface area contributed by atoms with Gasteiger partial charge in [0.1, 0.15) is 0 Å². The highest BCUT2D eigenvalue weighted by Crippen LogP contribution is 2.35. The third-order valence-electron chi connectivity index (χ3n) is 5.00. The number of ether oxygens (including phenoxy) is 2. The fraction of sp³-hybridized carbons (Fsp3) is 0.333. The van der Waals surface area contributed by atoms with E-state index in [-0.39, 0.29) is 22.5 Å². The van der Waals surface area contributed by atoms with Crippen molar-refractivity contribution in [3.05, 3.63) is 58.0 Å². The molecule has 0 aliphatic carbocycles. The average Bonchev–Trinajstić information content (AvgIpc) is 3.10. The first-order valence-electron chi connectivity index (χ1n) is 10.9. The molecule has 1 aliphatic heterocycles. The molecule has 10 heteroatoms. The number of unbranched alkanes of at least 4 members (excludes halogenated alkanes) is 2. The molecule has 0 spiro atoms. The molecule has 3 rings (SSSR count). The lowest BCUT2D eigenvalue weighted by Gasteiger charge is -2.12. The maximum absolute atomic E-state index is 12.9. The molecule has 0 bridgehead atoms. The molecule has 0 saturated carbocycles. The molecule has 34 heavy (non-hydrogen) atoms. The number of hydrogen-bond donors (Lipinski definition) is 0. The molecule has 1 fully saturated rings. The van der Waals surface area contributed by atoms with E-state index in [4.69, 9.17) is 21.1 Å². The van der Waals surface area contributed by atoms with Crippen LogP contribution in [0.3, 0.4) is 0 Å². The lowest BCUT2D eigenvalue weighted by Crippen LogP contribution is -2.29. The van der Waals surface area contributed by atoms with Gasteiger partial charge in [-0.15, -0.1) is 4.40 Å². The molecule has 1 aliphatic rings. The highest BCUT2D eigenvalue weighted by atomic mass is 35.5. The summed E-state index contributed by atoms with van der Waals surface area (Å²) in [7, 11) is -2.44. The third-order valence-corrected chi connectivity index (χ3v) is 7.66. The normalized spacial score (nSPS) is 16.5. The van der Waals surface area contributed by atoms with Gasteiger partial charge in [-0.2, -0.15) is 8.42 Å². The summed E-state index contributed by atoms with van der Waals surface area (Å²) >= 11 is 6.87. The van der Waals surface area contributed by atoms with Crippen molar-refractivity contribution >= 4 is 50.5 Å². The molecule has 2 aromatic carbocycles. The topological polar surface area (TPSA) is 85.3 Å². The molecule has 1 amide bonds. The number of amides is 1. The monoisotopic (exact) mass is 522 g/mol. The van der Waals surface area contributed by atoms with E-state index >= 15 is 0 Å². The maximum Gasteiger partial charge on any atom is 0.284 e. The summed E-state index contributed by atoms with van der Waals surface area (Å²) < 4.78 is 40.7. The summed E-state index contributed by atoms with van der Waals surface area (Å²) in [5, 5.41) is 0.529. The van der Waals surface area contributed by atoms with Crippen molar-refractivity contribution in [3.63, 3.8) is 0 Å². The number of halogens is 1. The second-order valence-corrected chi connectivity index (χ2v) is 10.5. The Morgan fingerprint density at radius 1 is 1.09 bits per heavy atom. The molecule has 2 aromatic rings. The first-order chi connectivity index (χ1) is 16.3. The van der Waals surface area contributed by atoms with Crippen molar-refractivity contribution in [1.82, 2.24) is 4.90 Å². The van der Waals surface area contributed by atoms with Gasteiger partial charge < -0.3 is 9.47 Å². The molecular weight excluding hydrogens is 496 g/mol. The molecule has 0 atom stereocenters. The zero-order valence-corrected chi connectivity index (χ0v) is 21.7. The van der Waals surface area contributed by atoms with Crippen LogP contribution >= 0.6 is 23.4 Å². The number of carbonyl (C=O) groups excluding carboxylic acids is 1. The van der Waals surface area contributed by atoms with Crippen molar-refractivity contribution in [3.8, 4) is 11.5 Å². The van der Waals surface area contributed by atoms with E-state index in [0.717, 1.165) is 36.6 Å². The molecule has 7 nitrogen and oxygen atoms in total. The Labute approximate surface area is 209 Å². The average molecular weight is 523 g/mol. The highest BCUT2D eigenvalue weighted by molar-refractivity contribution is 8.19. The summed E-state index contributed by atoms with van der Waals surface area (Å²) in [6, 6.07) is 11.1. The van der Waals surface area contributed by atoms with Crippen LogP contribution in [0, 0.1) is 0 Å². The zero-order chi connectivity index (χ0) is 24.7. The van der Waals surface area contributed by atoms with Gasteiger partial charge in [0.2, 0.25) is 0 Å². The Balaban J connectivity index is 1.85. The molecular formula is C24H27ClN2O5S2. The van der Waals surface area contributed by atoms with E-state index in [1.54, 1.807) is 32.2 Å². The largest absolute Gasteiger partial charge is 0.493 e. The van der Waals surface area contributed by atoms with Crippen LogP contribution in [0.15, 0.2) is 56.7 Å². The van der Waals surface area contributed by atoms with Crippen molar-refractivity contribution in [2.75, 3.05) is 20.3 Å². The molecule has 1 heterocycles. The number of amidine groups is 1. The van der Waals surface area contributed by atoms with E-state index in [1.807, 2.05) is 6.07 Å². The van der Waals surface area contributed by atoms with Crippen LogP contribution in [-0.2, 0) is 14.8 Å². The number of hydrogen-bond acceptors (Lipinski definition) is 6. The third kappa shape index (κ3) is 6.34. The molecule has 0 N–H and O–H groups in total. The predicted molar refractivity (Wildman–Crippen MR) is 137 cm³/mol. The summed E-state index contributed by atoms with van der Waals surface area (Å²) in [4.78, 5) is 14.6. The van der Waals surface area contributed by atoms with Gasteiger partial charge in [0, 0.05) is 11.6 Å². The summed E-state index contributed by atoms with van der Waals surface area (Å²) in [5.74, 6) is 0.891. The summed E-state index contributed by atoms with van der Waals surface area (Å²) in [6.45, 7) is 4.78. The number of methoxy groups -OCH3 is 1. The predicted octanol–water partition coefficient (Wildman–Crippen LogP) is 5.60. The van der Waals surface area contributed by atoms with Gasteiger partial charge >= 0.3 is 0 Å². The Morgan fingerprint density at radius 2 is 1.82 bits per heavy atom. The first-order valence-corrected chi connectivity index (χ1v) is 13.5. The van der Waals surface area contributed by atoms with Crippen LogP contribution in [0.25, 0.3) is 6.08 Å². The molecule has 182 valence electrons. The van der Waals surface area contributed by atoms with Crippen LogP contribution in [0.1, 0.15) is 38.7 Å². The van der Waals surface area contributed by atoms with Gasteiger partial charge in [-0.3, -0.25) is 9.69 Å². The smallest absolute Gasteiger partial charge is 0.284 e. The minimum atomic E-state index is -4.00. The molecule has 1 saturated heterocycles. The minimum absolute atomic E-state index is 0.00481. The summed E-state index contributed by atoms with van der Waals surface area (Å²) in [5.41, 5.74) is 0.728. The Bertz CT molecular complexity index is 1190. The minimum Gasteiger partial charge on any atom is -0.493 e. The molecule has 0 aromatic heterocycles. The number of sulfonamides is 1. The fourth-order valence-corrected chi connectivity index (χ4v) is 5.57. The quantitative estimate of drug-likeness (QED) is 0.298. The van der Waals surface area contributed by atoms with Gasteiger partial charge in [0.05, 0.1) is 23.5 Å². The van der Waals surface area contributed by atoms with Gasteiger partial charge in [-0.05, 0) is 73.1 Å². The molecule has 0 radical (unpaired) electrons. The van der Waals surface area contributed by atoms with E-state index in [0.29, 0.717) is 28.0 Å². The lowest BCUT2D eigenvalue weighted by atomic mass is 10.2. The first kappa shape index (κ1) is 26.1. The number of thioether (sulfide) groups is 1. The Morgan fingerprint density at radius 3 is 2.47 bits per heavy atom. The number of rotatable bonds is 10. The van der Waals surface area contributed by atoms with Crippen molar-refractivity contribution in [1.29, 1.82) is 0 Å². The van der Waals surface area contributed by atoms with E-state index in [9.17, 15) is 13.2 Å². The second kappa shape index (κ2) is 11.8. The van der Waals surface area contributed by atoms with Gasteiger partial charge in [-0.25, -0.2) is 0 Å². The van der Waals surface area contributed by atoms with Crippen LogP contribution in [0.5, 0.6) is 11.5 Å². The van der Waals surface area contributed by atoms with Crippen molar-refractivity contribution in [2.24, 2.45) is 4.40 Å². The molecule has 0 unspecified atom stereocenters. The van der Waals surface area contributed by atoms with E-state index < -0.39 is 10.0 Å². The number of likely N-dealkylation sites (N-methyl/N-ethyl adjacent to an activating group) is 1. The number of carbonyl (C=O) groups is 1. The van der Waals surface area contributed by atoms with Crippen molar-refractivity contribution in [2.45, 2.75) is 38.0 Å². The van der Waals surface area contributed by atoms with Crippen LogP contribution in [0.2, 0.25) is 5.02 Å². The van der Waals surface area contributed by atoms with Gasteiger partial charge in [0.15, 0.2) is 16.7 Å². The number of nitrogens with zero attached hydrogens (tertiary/aromatic N) is 2. The zero-order valence-electron chi connectivity index (χ0n) is 19.3. The van der Waals surface area contributed by atoms with E-state index in [1.165, 1.54) is 29.2 Å². The van der Waals surface area contributed by atoms with Crippen molar-refractivity contribution < 1.29 is 22.7 Å². The van der Waals surface area contributed by atoms with Gasteiger partial charge in [-0.1, -0.05) is 37.4 Å². The second-order valence-electron chi connectivity index (χ2n) is 7.43. The van der Waals surface area contributed by atoms with Crippen LogP contribution in [-0.4, -0.2) is 44.7 Å².